The first kappa shape index (κ1) is 10.7. The Kier molecular flexibility index (Phi) is 2.95. The summed E-state index contributed by atoms with van der Waals surface area (Å²) in [5.74, 6) is -0.834. The van der Waals surface area contributed by atoms with Crippen LogP contribution in [-0.2, 0) is 11.2 Å². The van der Waals surface area contributed by atoms with Gasteiger partial charge in [0, 0.05) is 11.8 Å². The van der Waals surface area contributed by atoms with Gasteiger partial charge in [-0.3, -0.25) is 4.79 Å². The molecule has 0 bridgehead atoms. The summed E-state index contributed by atoms with van der Waals surface area (Å²) < 4.78 is 1.56. The zero-order chi connectivity index (χ0) is 11.5. The summed E-state index contributed by atoms with van der Waals surface area (Å²) in [4.78, 5) is 14.6. The molecular weight excluding hydrogens is 228 g/mol. The van der Waals surface area contributed by atoms with Crippen molar-refractivity contribution in [2.45, 2.75) is 19.8 Å². The van der Waals surface area contributed by atoms with Crippen molar-refractivity contribution < 1.29 is 9.90 Å². The van der Waals surface area contributed by atoms with Gasteiger partial charge >= 0.3 is 5.97 Å². The van der Waals surface area contributed by atoms with Crippen molar-refractivity contribution in [2.75, 3.05) is 0 Å². The Morgan fingerprint density at radius 3 is 3.06 bits per heavy atom. The van der Waals surface area contributed by atoms with Crippen LogP contribution in [0.1, 0.15) is 17.8 Å². The molecule has 0 fully saturated rings. The molecule has 2 aromatic heterocycles. The molecule has 0 atom stereocenters. The van der Waals surface area contributed by atoms with Gasteiger partial charge in [0.1, 0.15) is 0 Å². The number of rotatable bonds is 4. The fraction of sp³-hybridized carbons (Fsp3) is 0.333. The lowest BCUT2D eigenvalue weighted by atomic mass is 10.2. The first-order valence-electron chi connectivity index (χ1n) is 4.70. The number of thiazole rings is 1. The smallest absolute Gasteiger partial charge is 0.303 e. The summed E-state index contributed by atoms with van der Waals surface area (Å²) in [6.45, 7) is 1.91. The van der Waals surface area contributed by atoms with Crippen LogP contribution in [0.15, 0.2) is 11.6 Å². The number of aryl methyl sites for hydroxylation is 2. The van der Waals surface area contributed by atoms with Crippen LogP contribution in [0, 0.1) is 6.92 Å². The SMILES string of the molecule is Cc1csc(-n2cc(CCC(=O)O)nn2)n1. The molecule has 1 N–H and O–H groups in total. The van der Waals surface area contributed by atoms with Crippen LogP contribution in [0.3, 0.4) is 0 Å². The van der Waals surface area contributed by atoms with Crippen LogP contribution >= 0.6 is 11.3 Å². The van der Waals surface area contributed by atoms with Gasteiger partial charge in [-0.25, -0.2) is 4.98 Å². The second-order valence-electron chi connectivity index (χ2n) is 3.32. The molecule has 2 aromatic rings. The van der Waals surface area contributed by atoms with E-state index in [1.165, 1.54) is 11.3 Å². The van der Waals surface area contributed by atoms with E-state index in [0.29, 0.717) is 12.1 Å². The zero-order valence-corrected chi connectivity index (χ0v) is 9.44. The highest BCUT2D eigenvalue weighted by Crippen LogP contribution is 2.13. The Labute approximate surface area is 95.6 Å². The van der Waals surface area contributed by atoms with Crippen LogP contribution in [-0.4, -0.2) is 31.1 Å². The lowest BCUT2D eigenvalue weighted by molar-refractivity contribution is -0.136. The predicted molar refractivity (Wildman–Crippen MR) is 57.7 cm³/mol. The summed E-state index contributed by atoms with van der Waals surface area (Å²) >= 11 is 1.47. The molecule has 0 unspecified atom stereocenters. The first-order valence-corrected chi connectivity index (χ1v) is 5.58. The molecular formula is C9H10N4O2S. The summed E-state index contributed by atoms with van der Waals surface area (Å²) in [7, 11) is 0. The molecule has 2 rings (SSSR count). The predicted octanol–water partition coefficient (Wildman–Crippen LogP) is 1.05. The van der Waals surface area contributed by atoms with E-state index in [-0.39, 0.29) is 6.42 Å². The van der Waals surface area contributed by atoms with Gasteiger partial charge in [-0.1, -0.05) is 5.21 Å². The molecule has 6 nitrogen and oxygen atoms in total. The summed E-state index contributed by atoms with van der Waals surface area (Å²) in [6.07, 6.45) is 2.16. The van der Waals surface area contributed by atoms with Crippen molar-refractivity contribution in [3.8, 4) is 5.13 Å². The fourth-order valence-corrected chi connectivity index (χ4v) is 1.91. The average Bonchev–Trinajstić information content (AvgIpc) is 2.83. The third kappa shape index (κ3) is 2.43. The van der Waals surface area contributed by atoms with Gasteiger partial charge in [-0.15, -0.1) is 16.4 Å². The minimum Gasteiger partial charge on any atom is -0.481 e. The third-order valence-electron chi connectivity index (χ3n) is 1.94. The van der Waals surface area contributed by atoms with Gasteiger partial charge in [0.15, 0.2) is 0 Å². The number of carbonyl (C=O) groups is 1. The lowest BCUT2D eigenvalue weighted by Gasteiger charge is -1.91. The maximum Gasteiger partial charge on any atom is 0.303 e. The summed E-state index contributed by atoms with van der Waals surface area (Å²) in [5, 5.41) is 19.0. The van der Waals surface area contributed by atoms with E-state index in [0.717, 1.165) is 10.8 Å². The van der Waals surface area contributed by atoms with Gasteiger partial charge in [0.25, 0.3) is 0 Å². The highest BCUT2D eigenvalue weighted by atomic mass is 32.1. The molecule has 0 aromatic carbocycles. The minimum atomic E-state index is -0.834. The molecule has 2 heterocycles. The minimum absolute atomic E-state index is 0.0651. The second kappa shape index (κ2) is 4.40. The molecule has 0 amide bonds. The van der Waals surface area contributed by atoms with Gasteiger partial charge in [0.2, 0.25) is 5.13 Å². The Morgan fingerprint density at radius 2 is 2.44 bits per heavy atom. The molecule has 84 valence electrons. The summed E-state index contributed by atoms with van der Waals surface area (Å²) in [5.41, 5.74) is 1.60. The van der Waals surface area contributed by atoms with Crippen molar-refractivity contribution in [2.24, 2.45) is 0 Å². The topological polar surface area (TPSA) is 80.9 Å². The van der Waals surface area contributed by atoms with E-state index in [4.69, 9.17) is 5.11 Å². The van der Waals surface area contributed by atoms with Gasteiger partial charge < -0.3 is 5.11 Å². The molecule has 16 heavy (non-hydrogen) atoms. The highest BCUT2D eigenvalue weighted by Gasteiger charge is 2.07. The molecule has 0 aliphatic carbocycles. The Morgan fingerprint density at radius 1 is 1.62 bits per heavy atom. The van der Waals surface area contributed by atoms with Gasteiger partial charge in [-0.2, -0.15) is 4.68 Å². The van der Waals surface area contributed by atoms with E-state index in [1.807, 2.05) is 12.3 Å². The maximum absolute atomic E-state index is 10.4. The number of nitrogens with zero attached hydrogens (tertiary/aromatic N) is 4. The maximum atomic E-state index is 10.4. The quantitative estimate of drug-likeness (QED) is 0.861. The summed E-state index contributed by atoms with van der Waals surface area (Å²) in [6, 6.07) is 0. The number of carboxylic acid groups (broad SMARTS) is 1. The van der Waals surface area contributed by atoms with E-state index in [9.17, 15) is 4.79 Å². The largest absolute Gasteiger partial charge is 0.481 e. The van der Waals surface area contributed by atoms with Crippen LogP contribution in [0.25, 0.3) is 5.13 Å². The number of carboxylic acids is 1. The molecule has 0 aliphatic rings. The number of aliphatic carboxylic acids is 1. The standard InChI is InChI=1S/C9H10N4O2S/c1-6-5-16-9(10-6)13-4-7(11-12-13)2-3-8(14)15/h4-5H,2-3H2,1H3,(H,14,15). The fourth-order valence-electron chi connectivity index (χ4n) is 1.19. The molecule has 0 radical (unpaired) electrons. The van der Waals surface area contributed by atoms with E-state index >= 15 is 0 Å². The molecule has 0 aliphatic heterocycles. The van der Waals surface area contributed by atoms with Crippen LogP contribution < -0.4 is 0 Å². The molecule has 0 saturated heterocycles. The van der Waals surface area contributed by atoms with E-state index < -0.39 is 5.97 Å². The van der Waals surface area contributed by atoms with Crippen molar-refractivity contribution in [1.29, 1.82) is 0 Å². The lowest BCUT2D eigenvalue weighted by Crippen LogP contribution is -1.97. The van der Waals surface area contributed by atoms with Crippen LogP contribution in [0.5, 0.6) is 0 Å². The van der Waals surface area contributed by atoms with Crippen molar-refractivity contribution in [1.82, 2.24) is 20.0 Å². The Hall–Kier alpha value is -1.76. The molecule has 0 saturated carbocycles. The van der Waals surface area contributed by atoms with Gasteiger partial charge in [-0.05, 0) is 6.92 Å². The van der Waals surface area contributed by atoms with E-state index in [1.54, 1.807) is 10.9 Å². The van der Waals surface area contributed by atoms with E-state index in [2.05, 4.69) is 15.3 Å². The normalized spacial score (nSPS) is 10.6. The van der Waals surface area contributed by atoms with Crippen LogP contribution in [0.4, 0.5) is 0 Å². The average molecular weight is 238 g/mol. The molecule has 7 heteroatoms. The molecule has 0 spiro atoms. The van der Waals surface area contributed by atoms with Crippen molar-refractivity contribution in [3.63, 3.8) is 0 Å². The first-order chi connectivity index (χ1) is 7.65. The van der Waals surface area contributed by atoms with Crippen LogP contribution in [0.2, 0.25) is 0 Å². The zero-order valence-electron chi connectivity index (χ0n) is 8.62. The number of hydrogen-bond donors (Lipinski definition) is 1. The second-order valence-corrected chi connectivity index (χ2v) is 4.16. The van der Waals surface area contributed by atoms with Crippen molar-refractivity contribution in [3.05, 3.63) is 23.0 Å². The third-order valence-corrected chi connectivity index (χ3v) is 2.89. The highest BCUT2D eigenvalue weighted by molar-refractivity contribution is 7.12. The number of aromatic nitrogens is 4. The Balaban J connectivity index is 2.10. The van der Waals surface area contributed by atoms with Gasteiger partial charge in [0.05, 0.1) is 24.0 Å². The monoisotopic (exact) mass is 238 g/mol. The number of hydrogen-bond acceptors (Lipinski definition) is 5. The Bertz CT molecular complexity index is 505. The van der Waals surface area contributed by atoms with Crippen molar-refractivity contribution >= 4 is 17.3 Å².